The van der Waals surface area contributed by atoms with Crippen LogP contribution in [0.15, 0.2) is 60.7 Å². The van der Waals surface area contributed by atoms with Crippen LogP contribution >= 0.6 is 0 Å². The SMILES string of the molecule is O=C(NC1CCN(CCC(c2ccccc2)c2ccccc2)CC1)C1CCCCC1. The van der Waals surface area contributed by atoms with Crippen LogP contribution < -0.4 is 5.32 Å². The fourth-order valence-corrected chi connectivity index (χ4v) is 5.19. The number of piperidine rings is 1. The van der Waals surface area contributed by atoms with Crippen molar-refractivity contribution in [2.75, 3.05) is 19.6 Å². The first-order valence-electron chi connectivity index (χ1n) is 11.9. The van der Waals surface area contributed by atoms with Crippen molar-refractivity contribution < 1.29 is 4.79 Å². The summed E-state index contributed by atoms with van der Waals surface area (Å²) in [6.45, 7) is 3.29. The number of benzene rings is 2. The molecule has 0 unspecified atom stereocenters. The van der Waals surface area contributed by atoms with E-state index in [0.717, 1.165) is 51.7 Å². The lowest BCUT2D eigenvalue weighted by Gasteiger charge is -2.34. The number of hydrogen-bond acceptors (Lipinski definition) is 2. The summed E-state index contributed by atoms with van der Waals surface area (Å²) in [7, 11) is 0. The van der Waals surface area contributed by atoms with E-state index in [-0.39, 0.29) is 5.92 Å². The van der Waals surface area contributed by atoms with Gasteiger partial charge in [-0.25, -0.2) is 0 Å². The third-order valence-electron chi connectivity index (χ3n) is 7.05. The molecule has 1 heterocycles. The molecule has 3 heteroatoms. The first-order chi connectivity index (χ1) is 14.8. The summed E-state index contributed by atoms with van der Waals surface area (Å²) in [5.74, 6) is 1.03. The number of likely N-dealkylation sites (tertiary alicyclic amines) is 1. The Bertz CT molecular complexity index is 722. The van der Waals surface area contributed by atoms with Gasteiger partial charge in [0.2, 0.25) is 5.91 Å². The molecular formula is C27H36N2O. The number of nitrogens with one attached hydrogen (secondary N) is 1. The third-order valence-corrected chi connectivity index (χ3v) is 7.05. The van der Waals surface area contributed by atoms with Crippen LogP contribution in [0.25, 0.3) is 0 Å². The molecule has 3 nitrogen and oxygen atoms in total. The molecule has 0 spiro atoms. The fraction of sp³-hybridized carbons (Fsp3) is 0.519. The standard InChI is InChI=1S/C27H36N2O/c30-27(24-14-8-3-9-15-24)28-25-16-19-29(20-17-25)21-18-26(22-10-4-1-5-11-22)23-12-6-2-7-13-23/h1-2,4-7,10-13,24-26H,3,8-9,14-21H2,(H,28,30). The van der Waals surface area contributed by atoms with Crippen molar-refractivity contribution in [3.8, 4) is 0 Å². The molecule has 0 radical (unpaired) electrons. The van der Waals surface area contributed by atoms with Crippen LogP contribution in [0.3, 0.4) is 0 Å². The van der Waals surface area contributed by atoms with Crippen molar-refractivity contribution in [3.05, 3.63) is 71.8 Å². The Morgan fingerprint density at radius 1 is 0.833 bits per heavy atom. The maximum atomic E-state index is 12.6. The molecule has 0 bridgehead atoms. The quantitative estimate of drug-likeness (QED) is 0.673. The van der Waals surface area contributed by atoms with Gasteiger partial charge in [0.1, 0.15) is 0 Å². The van der Waals surface area contributed by atoms with E-state index in [4.69, 9.17) is 0 Å². The molecule has 1 saturated heterocycles. The normalized spacial score (nSPS) is 19.1. The molecule has 1 N–H and O–H groups in total. The number of hydrogen-bond donors (Lipinski definition) is 1. The highest BCUT2D eigenvalue weighted by atomic mass is 16.1. The van der Waals surface area contributed by atoms with Gasteiger partial charge in [-0.15, -0.1) is 0 Å². The maximum Gasteiger partial charge on any atom is 0.223 e. The molecule has 0 atom stereocenters. The van der Waals surface area contributed by atoms with Crippen molar-refractivity contribution in [1.29, 1.82) is 0 Å². The van der Waals surface area contributed by atoms with Crippen molar-refractivity contribution in [2.24, 2.45) is 5.92 Å². The topological polar surface area (TPSA) is 32.3 Å². The van der Waals surface area contributed by atoms with Crippen LogP contribution in [0.1, 0.15) is 68.4 Å². The minimum atomic E-state index is 0.272. The van der Waals surface area contributed by atoms with E-state index in [1.807, 2.05) is 0 Å². The molecule has 2 aliphatic rings. The number of amides is 1. The second-order valence-electron chi connectivity index (χ2n) is 9.12. The van der Waals surface area contributed by atoms with E-state index in [2.05, 4.69) is 70.9 Å². The minimum Gasteiger partial charge on any atom is -0.353 e. The van der Waals surface area contributed by atoms with Gasteiger partial charge in [-0.05, 0) is 49.8 Å². The van der Waals surface area contributed by atoms with Crippen LogP contribution in [-0.4, -0.2) is 36.5 Å². The molecule has 1 saturated carbocycles. The van der Waals surface area contributed by atoms with Gasteiger partial charge in [0.15, 0.2) is 0 Å². The molecule has 30 heavy (non-hydrogen) atoms. The molecular weight excluding hydrogens is 368 g/mol. The van der Waals surface area contributed by atoms with E-state index in [9.17, 15) is 4.79 Å². The Kier molecular flexibility index (Phi) is 7.58. The smallest absolute Gasteiger partial charge is 0.223 e. The van der Waals surface area contributed by atoms with Gasteiger partial charge >= 0.3 is 0 Å². The summed E-state index contributed by atoms with van der Waals surface area (Å²) in [5.41, 5.74) is 2.80. The van der Waals surface area contributed by atoms with Crippen molar-refractivity contribution in [3.63, 3.8) is 0 Å². The Morgan fingerprint density at radius 2 is 1.40 bits per heavy atom. The molecule has 1 aliphatic heterocycles. The van der Waals surface area contributed by atoms with Crippen LogP contribution in [0.5, 0.6) is 0 Å². The van der Waals surface area contributed by atoms with E-state index in [1.54, 1.807) is 0 Å². The molecule has 4 rings (SSSR count). The molecule has 2 fully saturated rings. The molecule has 160 valence electrons. The van der Waals surface area contributed by atoms with E-state index < -0.39 is 0 Å². The monoisotopic (exact) mass is 404 g/mol. The zero-order valence-corrected chi connectivity index (χ0v) is 18.1. The predicted molar refractivity (Wildman–Crippen MR) is 124 cm³/mol. The molecule has 0 aromatic heterocycles. The molecule has 2 aromatic rings. The van der Waals surface area contributed by atoms with Gasteiger partial charge in [0, 0.05) is 31.0 Å². The van der Waals surface area contributed by atoms with E-state index >= 15 is 0 Å². The van der Waals surface area contributed by atoms with E-state index in [1.165, 1.54) is 30.4 Å². The summed E-state index contributed by atoms with van der Waals surface area (Å²) in [6, 6.07) is 22.2. The van der Waals surface area contributed by atoms with Crippen molar-refractivity contribution >= 4 is 5.91 Å². The molecule has 2 aromatic carbocycles. The Morgan fingerprint density at radius 3 is 1.97 bits per heavy atom. The maximum absolute atomic E-state index is 12.6. The predicted octanol–water partition coefficient (Wildman–Crippen LogP) is 5.37. The van der Waals surface area contributed by atoms with Gasteiger partial charge < -0.3 is 10.2 Å². The second kappa shape index (κ2) is 10.8. The highest BCUT2D eigenvalue weighted by Gasteiger charge is 2.26. The lowest BCUT2D eigenvalue weighted by atomic mass is 9.88. The Hall–Kier alpha value is -2.13. The average Bonchev–Trinajstić information content (AvgIpc) is 2.82. The summed E-state index contributed by atoms with van der Waals surface area (Å²) in [5, 5.41) is 3.36. The zero-order valence-electron chi connectivity index (χ0n) is 18.1. The van der Waals surface area contributed by atoms with Gasteiger partial charge in [-0.3, -0.25) is 4.79 Å². The van der Waals surface area contributed by atoms with Crippen LogP contribution in [0.4, 0.5) is 0 Å². The van der Waals surface area contributed by atoms with Gasteiger partial charge in [0.25, 0.3) is 0 Å². The molecule has 1 aliphatic carbocycles. The number of carbonyl (C=O) groups is 1. The van der Waals surface area contributed by atoms with Gasteiger partial charge in [0.05, 0.1) is 0 Å². The van der Waals surface area contributed by atoms with Gasteiger partial charge in [-0.1, -0.05) is 79.9 Å². The summed E-state index contributed by atoms with van der Waals surface area (Å²) in [4.78, 5) is 15.1. The second-order valence-corrected chi connectivity index (χ2v) is 9.12. The van der Waals surface area contributed by atoms with E-state index in [0.29, 0.717) is 17.9 Å². The fourth-order valence-electron chi connectivity index (χ4n) is 5.19. The number of nitrogens with zero attached hydrogens (tertiary/aromatic N) is 1. The highest BCUT2D eigenvalue weighted by Crippen LogP contribution is 2.29. The molecule has 1 amide bonds. The largest absolute Gasteiger partial charge is 0.353 e. The first kappa shape index (κ1) is 21.1. The summed E-state index contributed by atoms with van der Waals surface area (Å²) < 4.78 is 0. The van der Waals surface area contributed by atoms with Crippen LogP contribution in [0.2, 0.25) is 0 Å². The lowest BCUT2D eigenvalue weighted by molar-refractivity contribution is -0.127. The summed E-state index contributed by atoms with van der Waals surface area (Å²) in [6.07, 6.45) is 9.22. The summed E-state index contributed by atoms with van der Waals surface area (Å²) >= 11 is 0. The van der Waals surface area contributed by atoms with Crippen molar-refractivity contribution in [2.45, 2.75) is 63.3 Å². The number of carbonyl (C=O) groups excluding carboxylic acids is 1. The first-order valence-corrected chi connectivity index (χ1v) is 11.9. The highest BCUT2D eigenvalue weighted by molar-refractivity contribution is 5.79. The minimum absolute atomic E-state index is 0.272. The Labute approximate surface area is 181 Å². The lowest BCUT2D eigenvalue weighted by Crippen LogP contribution is -2.46. The average molecular weight is 405 g/mol. The van der Waals surface area contributed by atoms with Crippen LogP contribution in [-0.2, 0) is 4.79 Å². The number of rotatable bonds is 7. The third kappa shape index (κ3) is 5.72. The zero-order chi connectivity index (χ0) is 20.6. The van der Waals surface area contributed by atoms with Gasteiger partial charge in [-0.2, -0.15) is 0 Å². The van der Waals surface area contributed by atoms with Crippen LogP contribution in [0, 0.1) is 5.92 Å². The Balaban J connectivity index is 1.27. The van der Waals surface area contributed by atoms with Crippen molar-refractivity contribution in [1.82, 2.24) is 10.2 Å².